The molecule has 0 aromatic heterocycles. The van der Waals surface area contributed by atoms with Crippen molar-refractivity contribution in [2.24, 2.45) is 0 Å². The Morgan fingerprint density at radius 3 is 2.73 bits per heavy atom. The van der Waals surface area contributed by atoms with Crippen molar-refractivity contribution >= 4 is 11.9 Å². The summed E-state index contributed by atoms with van der Waals surface area (Å²) >= 11 is 0. The van der Waals surface area contributed by atoms with Crippen LogP contribution in [0.4, 0.5) is 0 Å². The Balaban J connectivity index is 2.79. The number of carbonyl (C=O) groups is 2. The predicted molar refractivity (Wildman–Crippen MR) is 37.4 cm³/mol. The highest BCUT2D eigenvalue weighted by Crippen LogP contribution is 2.08. The minimum Gasteiger partial charge on any atom is -0.464 e. The second kappa shape index (κ2) is 2.57. The number of rotatable bonds is 1. The molecule has 4 heteroatoms. The Hall–Kier alpha value is -1.58. The van der Waals surface area contributed by atoms with Crippen LogP contribution in [-0.4, -0.2) is 19.0 Å². The van der Waals surface area contributed by atoms with Crippen LogP contribution >= 0.6 is 0 Å². The molecule has 1 aliphatic rings. The lowest BCUT2D eigenvalue weighted by atomic mass is 10.3. The second-order valence-electron chi connectivity index (χ2n) is 2.03. The molecule has 0 atom stereocenters. The summed E-state index contributed by atoms with van der Waals surface area (Å²) < 4.78 is 4.37. The first-order valence-corrected chi connectivity index (χ1v) is 2.95. The summed E-state index contributed by atoms with van der Waals surface area (Å²) in [4.78, 5) is 21.5. The van der Waals surface area contributed by atoms with Crippen LogP contribution in [0.15, 0.2) is 23.9 Å². The smallest absolute Gasteiger partial charge is 0.354 e. The highest BCUT2D eigenvalue weighted by atomic mass is 16.5. The number of hydrogen-bond donors (Lipinski definition) is 1. The lowest BCUT2D eigenvalue weighted by Gasteiger charge is -1.97. The number of hydrogen-bond acceptors (Lipinski definition) is 3. The van der Waals surface area contributed by atoms with E-state index in [1.165, 1.54) is 13.2 Å². The van der Waals surface area contributed by atoms with E-state index in [9.17, 15) is 9.59 Å². The van der Waals surface area contributed by atoms with E-state index >= 15 is 0 Å². The molecule has 1 N–H and O–H groups in total. The Labute approximate surface area is 63.5 Å². The summed E-state index contributed by atoms with van der Waals surface area (Å²) in [5.74, 6) is -0.914. The molecule has 0 bridgehead atoms. The van der Waals surface area contributed by atoms with Gasteiger partial charge in [-0.15, -0.1) is 0 Å². The molecule has 11 heavy (non-hydrogen) atoms. The first-order valence-electron chi connectivity index (χ1n) is 2.95. The summed E-state index contributed by atoms with van der Waals surface area (Å²) in [7, 11) is 1.25. The minimum atomic E-state index is -0.558. The highest BCUT2D eigenvalue weighted by Gasteiger charge is 2.21. The van der Waals surface area contributed by atoms with Gasteiger partial charge in [0, 0.05) is 5.57 Å². The van der Waals surface area contributed by atoms with Gasteiger partial charge in [-0.3, -0.25) is 4.79 Å². The number of esters is 1. The van der Waals surface area contributed by atoms with Gasteiger partial charge in [-0.25, -0.2) is 4.79 Å². The third-order valence-corrected chi connectivity index (χ3v) is 1.26. The zero-order valence-corrected chi connectivity index (χ0v) is 6.01. The third-order valence-electron chi connectivity index (χ3n) is 1.26. The van der Waals surface area contributed by atoms with Gasteiger partial charge in [-0.05, 0) is 6.08 Å². The van der Waals surface area contributed by atoms with Crippen LogP contribution in [0.25, 0.3) is 0 Å². The maximum atomic E-state index is 10.8. The van der Waals surface area contributed by atoms with Gasteiger partial charge in [0.15, 0.2) is 0 Å². The molecule has 0 aliphatic carbocycles. The maximum Gasteiger partial charge on any atom is 0.354 e. The fourth-order valence-corrected chi connectivity index (χ4v) is 0.698. The SMILES string of the molecule is C=C1C=C(C(=O)OC)NC1=O. The first kappa shape index (κ1) is 7.53. The molecule has 58 valence electrons. The van der Waals surface area contributed by atoms with E-state index in [1.807, 2.05) is 0 Å². The number of carbonyl (C=O) groups excluding carboxylic acids is 2. The quantitative estimate of drug-likeness (QED) is 0.416. The first-order chi connectivity index (χ1) is 5.15. The molecule has 0 fully saturated rings. The average Bonchev–Trinajstić information content (AvgIpc) is 2.31. The second-order valence-corrected chi connectivity index (χ2v) is 2.03. The Kier molecular flexibility index (Phi) is 1.76. The Morgan fingerprint density at radius 2 is 2.36 bits per heavy atom. The summed E-state index contributed by atoms with van der Waals surface area (Å²) in [5, 5.41) is 2.30. The Bertz CT molecular complexity index is 265. The lowest BCUT2D eigenvalue weighted by Crippen LogP contribution is -2.22. The topological polar surface area (TPSA) is 55.4 Å². The van der Waals surface area contributed by atoms with Crippen molar-refractivity contribution in [1.29, 1.82) is 0 Å². The van der Waals surface area contributed by atoms with Crippen LogP contribution in [-0.2, 0) is 14.3 Å². The van der Waals surface area contributed by atoms with E-state index < -0.39 is 5.97 Å². The van der Waals surface area contributed by atoms with Crippen molar-refractivity contribution in [2.45, 2.75) is 0 Å². The molecular formula is C7H7NO3. The van der Waals surface area contributed by atoms with Gasteiger partial charge in [-0.2, -0.15) is 0 Å². The standard InChI is InChI=1S/C7H7NO3/c1-4-3-5(7(10)11-2)8-6(4)9/h3H,1H2,2H3,(H,8,9). The van der Waals surface area contributed by atoms with Gasteiger partial charge >= 0.3 is 5.97 Å². The van der Waals surface area contributed by atoms with Crippen LogP contribution in [0, 0.1) is 0 Å². The summed E-state index contributed by atoms with van der Waals surface area (Å²) in [6.07, 6.45) is 1.36. The fourth-order valence-electron chi connectivity index (χ4n) is 0.698. The van der Waals surface area contributed by atoms with E-state index in [0.717, 1.165) is 0 Å². The lowest BCUT2D eigenvalue weighted by molar-refractivity contribution is -0.137. The van der Waals surface area contributed by atoms with Crippen LogP contribution in [0.5, 0.6) is 0 Å². The van der Waals surface area contributed by atoms with E-state index in [1.54, 1.807) is 0 Å². The van der Waals surface area contributed by atoms with Crippen molar-refractivity contribution in [3.63, 3.8) is 0 Å². The molecule has 1 amide bonds. The molecule has 4 nitrogen and oxygen atoms in total. The van der Waals surface area contributed by atoms with Gasteiger partial charge in [0.2, 0.25) is 0 Å². The Morgan fingerprint density at radius 1 is 1.73 bits per heavy atom. The molecule has 0 radical (unpaired) electrons. The minimum absolute atomic E-state index is 0.141. The van der Waals surface area contributed by atoms with Crippen molar-refractivity contribution in [2.75, 3.05) is 7.11 Å². The van der Waals surface area contributed by atoms with Crippen molar-refractivity contribution < 1.29 is 14.3 Å². The van der Waals surface area contributed by atoms with E-state index in [0.29, 0.717) is 0 Å². The zero-order valence-electron chi connectivity index (χ0n) is 6.01. The molecule has 0 unspecified atom stereocenters. The normalized spacial score (nSPS) is 15.9. The zero-order chi connectivity index (χ0) is 8.43. The summed E-state index contributed by atoms with van der Waals surface area (Å²) in [6.45, 7) is 3.41. The number of amides is 1. The molecule has 1 heterocycles. The van der Waals surface area contributed by atoms with Crippen LogP contribution in [0.3, 0.4) is 0 Å². The summed E-state index contributed by atoms with van der Waals surface area (Å²) in [6, 6.07) is 0. The fraction of sp³-hybridized carbons (Fsp3) is 0.143. The molecule has 1 rings (SSSR count). The van der Waals surface area contributed by atoms with E-state index in [4.69, 9.17) is 0 Å². The summed E-state index contributed by atoms with van der Waals surface area (Å²) in [5.41, 5.74) is 0.410. The molecule has 0 aromatic rings. The van der Waals surface area contributed by atoms with E-state index in [2.05, 4.69) is 16.6 Å². The molecule has 0 spiro atoms. The average molecular weight is 153 g/mol. The monoisotopic (exact) mass is 153 g/mol. The van der Waals surface area contributed by atoms with Gasteiger partial charge in [0.05, 0.1) is 7.11 Å². The third kappa shape index (κ3) is 1.29. The molecular weight excluding hydrogens is 146 g/mol. The van der Waals surface area contributed by atoms with Gasteiger partial charge in [0.1, 0.15) is 5.70 Å². The van der Waals surface area contributed by atoms with Crippen molar-refractivity contribution in [1.82, 2.24) is 5.32 Å². The number of ether oxygens (including phenoxy) is 1. The maximum absolute atomic E-state index is 10.8. The van der Waals surface area contributed by atoms with Gasteiger partial charge in [-0.1, -0.05) is 6.58 Å². The van der Waals surface area contributed by atoms with Crippen molar-refractivity contribution in [3.05, 3.63) is 23.9 Å². The molecule has 1 aliphatic heterocycles. The van der Waals surface area contributed by atoms with Crippen LogP contribution < -0.4 is 5.32 Å². The molecule has 0 aromatic carbocycles. The number of nitrogens with one attached hydrogen (secondary N) is 1. The van der Waals surface area contributed by atoms with Crippen LogP contribution in [0.1, 0.15) is 0 Å². The number of methoxy groups -OCH3 is 1. The predicted octanol–water partition coefficient (Wildman–Crippen LogP) is -0.271. The van der Waals surface area contributed by atoms with Crippen LogP contribution in [0.2, 0.25) is 0 Å². The van der Waals surface area contributed by atoms with Gasteiger partial charge < -0.3 is 10.1 Å². The molecule has 0 saturated carbocycles. The van der Waals surface area contributed by atoms with E-state index in [-0.39, 0.29) is 17.2 Å². The highest BCUT2D eigenvalue weighted by molar-refractivity contribution is 6.07. The molecule has 0 saturated heterocycles. The largest absolute Gasteiger partial charge is 0.464 e. The van der Waals surface area contributed by atoms with Crippen molar-refractivity contribution in [3.8, 4) is 0 Å². The van der Waals surface area contributed by atoms with Gasteiger partial charge in [0.25, 0.3) is 5.91 Å².